The zero-order valence-corrected chi connectivity index (χ0v) is 11.5. The second kappa shape index (κ2) is 5.35. The van der Waals surface area contributed by atoms with E-state index < -0.39 is 0 Å². The van der Waals surface area contributed by atoms with Crippen molar-refractivity contribution in [2.45, 2.75) is 6.54 Å². The topological polar surface area (TPSA) is 42.2 Å². The molecule has 0 atom stereocenters. The average molecular weight is 310 g/mol. The number of halogens is 2. The van der Waals surface area contributed by atoms with Crippen LogP contribution in [0.2, 0.25) is 0 Å². The molecule has 0 unspecified atom stereocenters. The van der Waals surface area contributed by atoms with Gasteiger partial charge < -0.3 is 10.6 Å². The molecule has 0 spiro atoms. The smallest absolute Gasteiger partial charge is 0.143 e. The van der Waals surface area contributed by atoms with Crippen LogP contribution in [0.1, 0.15) is 5.56 Å². The maximum Gasteiger partial charge on any atom is 0.143 e. The first kappa shape index (κ1) is 12.8. The molecule has 1 heterocycles. The van der Waals surface area contributed by atoms with Crippen LogP contribution in [0.5, 0.6) is 0 Å². The first-order chi connectivity index (χ1) is 8.56. The highest BCUT2D eigenvalue weighted by molar-refractivity contribution is 9.10. The van der Waals surface area contributed by atoms with E-state index in [4.69, 9.17) is 5.73 Å². The van der Waals surface area contributed by atoms with Crippen LogP contribution in [0.4, 0.5) is 15.9 Å². The van der Waals surface area contributed by atoms with Gasteiger partial charge in [-0.2, -0.15) is 0 Å². The molecule has 3 nitrogen and oxygen atoms in total. The number of anilines is 2. The minimum absolute atomic E-state index is 0.231. The molecule has 18 heavy (non-hydrogen) atoms. The number of hydrogen-bond donors (Lipinski definition) is 1. The van der Waals surface area contributed by atoms with E-state index in [-0.39, 0.29) is 5.82 Å². The molecule has 0 aliphatic heterocycles. The van der Waals surface area contributed by atoms with Gasteiger partial charge in [0.2, 0.25) is 0 Å². The molecule has 5 heteroatoms. The van der Waals surface area contributed by atoms with Crippen molar-refractivity contribution in [3.8, 4) is 0 Å². The van der Waals surface area contributed by atoms with Crippen LogP contribution in [0.15, 0.2) is 41.0 Å². The van der Waals surface area contributed by atoms with E-state index in [1.165, 1.54) is 12.1 Å². The minimum Gasteiger partial charge on any atom is -0.397 e. The third kappa shape index (κ3) is 2.98. The van der Waals surface area contributed by atoms with E-state index in [0.717, 1.165) is 15.9 Å². The van der Waals surface area contributed by atoms with Crippen LogP contribution in [-0.4, -0.2) is 12.0 Å². The van der Waals surface area contributed by atoms with Gasteiger partial charge >= 0.3 is 0 Å². The number of pyridine rings is 1. The Labute approximate surface area is 114 Å². The van der Waals surface area contributed by atoms with E-state index in [1.54, 1.807) is 18.3 Å². The Morgan fingerprint density at radius 3 is 2.83 bits per heavy atom. The van der Waals surface area contributed by atoms with E-state index in [2.05, 4.69) is 20.9 Å². The maximum absolute atomic E-state index is 13.1. The van der Waals surface area contributed by atoms with Crippen molar-refractivity contribution >= 4 is 27.4 Å². The SMILES string of the molecule is CN(Cc1cccc(F)c1)c1ncc(N)cc1Br. The molecule has 0 aliphatic carbocycles. The highest BCUT2D eigenvalue weighted by Crippen LogP contribution is 2.25. The minimum atomic E-state index is -0.231. The zero-order valence-electron chi connectivity index (χ0n) is 9.90. The lowest BCUT2D eigenvalue weighted by Crippen LogP contribution is -2.18. The van der Waals surface area contributed by atoms with Crippen molar-refractivity contribution in [2.24, 2.45) is 0 Å². The van der Waals surface area contributed by atoms with Gasteiger partial charge in [-0.25, -0.2) is 9.37 Å². The summed E-state index contributed by atoms with van der Waals surface area (Å²) in [6.45, 7) is 0.577. The van der Waals surface area contributed by atoms with Crippen LogP contribution in [-0.2, 0) is 6.54 Å². The fourth-order valence-electron chi connectivity index (χ4n) is 1.71. The zero-order chi connectivity index (χ0) is 13.1. The van der Waals surface area contributed by atoms with Crippen molar-refractivity contribution < 1.29 is 4.39 Å². The standard InChI is InChI=1S/C13H13BrFN3/c1-18(8-9-3-2-4-10(15)5-9)13-12(14)6-11(16)7-17-13/h2-7H,8,16H2,1H3. The van der Waals surface area contributed by atoms with Gasteiger partial charge in [-0.15, -0.1) is 0 Å². The Morgan fingerprint density at radius 1 is 1.39 bits per heavy atom. The molecular formula is C13H13BrFN3. The van der Waals surface area contributed by atoms with Gasteiger partial charge in [0.1, 0.15) is 11.6 Å². The number of nitrogens with two attached hydrogens (primary N) is 1. The van der Waals surface area contributed by atoms with Crippen molar-refractivity contribution in [1.29, 1.82) is 0 Å². The number of hydrogen-bond acceptors (Lipinski definition) is 3. The quantitative estimate of drug-likeness (QED) is 0.946. The van der Waals surface area contributed by atoms with E-state index in [1.807, 2.05) is 18.0 Å². The van der Waals surface area contributed by atoms with Crippen molar-refractivity contribution in [2.75, 3.05) is 17.7 Å². The molecule has 0 saturated carbocycles. The monoisotopic (exact) mass is 309 g/mol. The van der Waals surface area contributed by atoms with Crippen LogP contribution in [0.3, 0.4) is 0 Å². The molecule has 0 fully saturated rings. The Hall–Kier alpha value is -1.62. The number of aromatic nitrogens is 1. The van der Waals surface area contributed by atoms with Gasteiger partial charge in [-0.1, -0.05) is 12.1 Å². The lowest BCUT2D eigenvalue weighted by atomic mass is 10.2. The van der Waals surface area contributed by atoms with Gasteiger partial charge in [0, 0.05) is 13.6 Å². The highest BCUT2D eigenvalue weighted by Gasteiger charge is 2.08. The Kier molecular flexibility index (Phi) is 3.81. The van der Waals surface area contributed by atoms with E-state index >= 15 is 0 Å². The number of rotatable bonds is 3. The third-order valence-corrected chi connectivity index (χ3v) is 3.10. The summed E-state index contributed by atoms with van der Waals surface area (Å²) in [5.41, 5.74) is 7.13. The summed E-state index contributed by atoms with van der Waals surface area (Å²) in [7, 11) is 1.90. The second-order valence-electron chi connectivity index (χ2n) is 4.06. The molecule has 1 aromatic heterocycles. The molecule has 0 saturated heterocycles. The van der Waals surface area contributed by atoms with Gasteiger partial charge in [0.15, 0.2) is 0 Å². The first-order valence-electron chi connectivity index (χ1n) is 5.43. The van der Waals surface area contributed by atoms with E-state index in [0.29, 0.717) is 12.2 Å². The normalized spacial score (nSPS) is 10.4. The highest BCUT2D eigenvalue weighted by atomic mass is 79.9. The first-order valence-corrected chi connectivity index (χ1v) is 6.22. The van der Waals surface area contributed by atoms with Crippen LogP contribution < -0.4 is 10.6 Å². The summed E-state index contributed by atoms with van der Waals surface area (Å²) in [5, 5.41) is 0. The summed E-state index contributed by atoms with van der Waals surface area (Å²) >= 11 is 3.42. The summed E-state index contributed by atoms with van der Waals surface area (Å²) in [4.78, 5) is 6.19. The molecule has 2 aromatic rings. The lowest BCUT2D eigenvalue weighted by molar-refractivity contribution is 0.625. The molecule has 0 amide bonds. The maximum atomic E-state index is 13.1. The van der Waals surface area contributed by atoms with Gasteiger partial charge in [0.25, 0.3) is 0 Å². The van der Waals surface area contributed by atoms with Gasteiger partial charge in [-0.3, -0.25) is 0 Å². The fraction of sp³-hybridized carbons (Fsp3) is 0.154. The third-order valence-electron chi connectivity index (χ3n) is 2.51. The van der Waals surface area contributed by atoms with Gasteiger partial charge in [0.05, 0.1) is 16.4 Å². The molecule has 0 aliphatic rings. The fourth-order valence-corrected chi connectivity index (χ4v) is 2.38. The summed E-state index contributed by atoms with van der Waals surface area (Å²) in [6.07, 6.45) is 1.60. The predicted molar refractivity (Wildman–Crippen MR) is 74.9 cm³/mol. The molecule has 0 bridgehead atoms. The van der Waals surface area contributed by atoms with Crippen molar-refractivity contribution in [1.82, 2.24) is 4.98 Å². The Balaban J connectivity index is 2.19. The molecular weight excluding hydrogens is 297 g/mol. The summed E-state index contributed by atoms with van der Waals surface area (Å²) < 4.78 is 13.9. The number of nitrogen functional groups attached to an aromatic ring is 1. The Morgan fingerprint density at radius 2 is 2.17 bits per heavy atom. The molecule has 2 N–H and O–H groups in total. The predicted octanol–water partition coefficient (Wildman–Crippen LogP) is 3.20. The second-order valence-corrected chi connectivity index (χ2v) is 4.91. The summed E-state index contributed by atoms with van der Waals surface area (Å²) in [5.74, 6) is 0.540. The molecule has 1 aromatic carbocycles. The van der Waals surface area contributed by atoms with E-state index in [9.17, 15) is 4.39 Å². The largest absolute Gasteiger partial charge is 0.397 e. The van der Waals surface area contributed by atoms with Gasteiger partial charge in [-0.05, 0) is 39.7 Å². The molecule has 94 valence electrons. The van der Waals surface area contributed by atoms with Crippen LogP contribution in [0, 0.1) is 5.82 Å². The number of nitrogens with zero attached hydrogens (tertiary/aromatic N) is 2. The molecule has 2 rings (SSSR count). The lowest BCUT2D eigenvalue weighted by Gasteiger charge is -2.19. The van der Waals surface area contributed by atoms with Crippen molar-refractivity contribution in [3.05, 3.63) is 52.4 Å². The number of benzene rings is 1. The average Bonchev–Trinajstić information content (AvgIpc) is 2.28. The summed E-state index contributed by atoms with van der Waals surface area (Å²) in [6, 6.07) is 8.32. The van der Waals surface area contributed by atoms with Crippen LogP contribution in [0.25, 0.3) is 0 Å². The Bertz CT molecular complexity index is 560. The van der Waals surface area contributed by atoms with Crippen LogP contribution >= 0.6 is 15.9 Å². The molecule has 0 radical (unpaired) electrons. The van der Waals surface area contributed by atoms with Crippen molar-refractivity contribution in [3.63, 3.8) is 0 Å².